The number of alkyl halides is 1. The molecule has 4 rings (SSSR count). The molecule has 1 aromatic rings. The van der Waals surface area contributed by atoms with Crippen LogP contribution in [0.25, 0.3) is 0 Å². The maximum absolute atomic E-state index is 15.5. The number of nitrogens with zero attached hydrogens (tertiary/aromatic N) is 1. The number of aliphatic carboxylic acids is 1. The van der Waals surface area contributed by atoms with Gasteiger partial charge in [0.2, 0.25) is 5.67 Å². The van der Waals surface area contributed by atoms with Crippen LogP contribution in [0.4, 0.5) is 4.39 Å². The minimum atomic E-state index is -2.42. The molecule has 3 N–H and O–H groups in total. The summed E-state index contributed by atoms with van der Waals surface area (Å²) < 4.78 is 31.7. The van der Waals surface area contributed by atoms with Gasteiger partial charge in [-0.2, -0.15) is 0 Å². The SMILES string of the molecule is N[C@]1(C(=O)O)[C@H]2[C@@H](C[C@H]1OCc1ccc(Cl)c(Cl)c1)[C@]2(F)C(=O)OCCN1CCOCC1. The second kappa shape index (κ2) is 9.04. The van der Waals surface area contributed by atoms with Gasteiger partial charge in [0.15, 0.2) is 0 Å². The molecule has 2 saturated carbocycles. The summed E-state index contributed by atoms with van der Waals surface area (Å²) in [4.78, 5) is 26.6. The fourth-order valence-corrected chi connectivity index (χ4v) is 5.14. The first-order valence-electron chi connectivity index (χ1n) is 10.4. The Balaban J connectivity index is 1.36. The van der Waals surface area contributed by atoms with Crippen LogP contribution in [0.5, 0.6) is 0 Å². The zero-order valence-electron chi connectivity index (χ0n) is 17.3. The minimum absolute atomic E-state index is 0.00382. The third kappa shape index (κ3) is 4.10. The Hall–Kier alpha value is -1.49. The fraction of sp³-hybridized carbons (Fsp3) is 0.619. The van der Waals surface area contributed by atoms with E-state index in [0.717, 1.165) is 0 Å². The molecule has 1 heterocycles. The number of carbonyl (C=O) groups is 2. The van der Waals surface area contributed by atoms with Gasteiger partial charge in [-0.15, -0.1) is 0 Å². The predicted octanol–water partition coefficient (Wildman–Crippen LogP) is 1.89. The van der Waals surface area contributed by atoms with Crippen molar-refractivity contribution in [2.45, 2.75) is 30.3 Å². The van der Waals surface area contributed by atoms with Crippen molar-refractivity contribution in [3.63, 3.8) is 0 Å². The van der Waals surface area contributed by atoms with E-state index in [-0.39, 0.29) is 19.6 Å². The fourth-order valence-electron chi connectivity index (χ4n) is 4.82. The van der Waals surface area contributed by atoms with E-state index >= 15 is 4.39 Å². The van der Waals surface area contributed by atoms with Crippen molar-refractivity contribution in [2.24, 2.45) is 17.6 Å². The van der Waals surface area contributed by atoms with Crippen LogP contribution >= 0.6 is 23.2 Å². The molecular formula is C21H25Cl2FN2O6. The number of rotatable bonds is 8. The summed E-state index contributed by atoms with van der Waals surface area (Å²) in [6.45, 7) is 3.13. The van der Waals surface area contributed by atoms with Crippen LogP contribution in [-0.2, 0) is 30.4 Å². The first-order chi connectivity index (χ1) is 15.2. The number of carboxylic acids is 1. The van der Waals surface area contributed by atoms with Crippen LogP contribution in [0, 0.1) is 11.8 Å². The van der Waals surface area contributed by atoms with Gasteiger partial charge >= 0.3 is 11.9 Å². The number of carboxylic acid groups (broad SMARTS) is 1. The van der Waals surface area contributed by atoms with E-state index in [1.54, 1.807) is 18.2 Å². The standard InChI is InChI=1S/C21H25Cl2FN2O6/c22-14-2-1-12(9-15(14)23)11-32-16-10-13-17(21(16,25)18(27)28)20(13,24)19(29)31-8-5-26-3-6-30-7-4-26/h1-2,9,13,16-17H,3-8,10-11,25H2,(H,27,28)/t13-,16-,17+,20-,21+/m1/s1. The first kappa shape index (κ1) is 23.7. The monoisotopic (exact) mass is 490 g/mol. The van der Waals surface area contributed by atoms with Gasteiger partial charge in [0.05, 0.1) is 36.0 Å². The third-order valence-electron chi connectivity index (χ3n) is 6.66. The molecule has 5 atom stereocenters. The van der Waals surface area contributed by atoms with E-state index in [1.807, 2.05) is 4.90 Å². The molecule has 0 unspecified atom stereocenters. The molecule has 1 aromatic carbocycles. The molecule has 0 aromatic heterocycles. The number of fused-ring (bicyclic) bond motifs is 1. The largest absolute Gasteiger partial charge is 0.480 e. The smallest absolute Gasteiger partial charge is 0.344 e. The van der Waals surface area contributed by atoms with Gasteiger partial charge < -0.3 is 25.1 Å². The topological polar surface area (TPSA) is 111 Å². The number of hydrogen-bond donors (Lipinski definition) is 2. The summed E-state index contributed by atoms with van der Waals surface area (Å²) in [7, 11) is 0. The number of carbonyl (C=O) groups excluding carboxylic acids is 1. The molecule has 0 spiro atoms. The van der Waals surface area contributed by atoms with Crippen molar-refractivity contribution in [1.82, 2.24) is 4.90 Å². The summed E-state index contributed by atoms with van der Waals surface area (Å²) in [6, 6.07) is 4.89. The van der Waals surface area contributed by atoms with Crippen LogP contribution in [0.1, 0.15) is 12.0 Å². The number of esters is 1. The van der Waals surface area contributed by atoms with E-state index in [2.05, 4.69) is 0 Å². The van der Waals surface area contributed by atoms with Crippen LogP contribution in [0.15, 0.2) is 18.2 Å². The molecule has 176 valence electrons. The number of ether oxygens (including phenoxy) is 3. The molecule has 8 nitrogen and oxygen atoms in total. The molecule has 11 heteroatoms. The predicted molar refractivity (Wildman–Crippen MR) is 113 cm³/mol. The lowest BCUT2D eigenvalue weighted by molar-refractivity contribution is -0.160. The van der Waals surface area contributed by atoms with Gasteiger partial charge in [-0.3, -0.25) is 9.69 Å². The Labute approximate surface area is 194 Å². The molecule has 1 aliphatic heterocycles. The lowest BCUT2D eigenvalue weighted by Gasteiger charge is -2.32. The zero-order valence-corrected chi connectivity index (χ0v) is 18.8. The number of halogens is 3. The second-order valence-corrected chi connectivity index (χ2v) is 9.28. The highest BCUT2D eigenvalue weighted by Crippen LogP contribution is 2.67. The van der Waals surface area contributed by atoms with Crippen molar-refractivity contribution in [3.8, 4) is 0 Å². The molecule has 2 aliphatic carbocycles. The Morgan fingerprint density at radius 3 is 2.66 bits per heavy atom. The highest BCUT2D eigenvalue weighted by Gasteiger charge is 2.85. The second-order valence-electron chi connectivity index (χ2n) is 8.46. The quantitative estimate of drug-likeness (QED) is 0.531. The Kier molecular flexibility index (Phi) is 6.68. The highest BCUT2D eigenvalue weighted by molar-refractivity contribution is 6.42. The summed E-state index contributed by atoms with van der Waals surface area (Å²) in [6.07, 6.45) is -0.960. The van der Waals surface area contributed by atoms with Crippen LogP contribution in [0.3, 0.4) is 0 Å². The lowest BCUT2D eigenvalue weighted by Crippen LogP contribution is -2.60. The summed E-state index contributed by atoms with van der Waals surface area (Å²) in [5, 5.41) is 10.5. The van der Waals surface area contributed by atoms with Crippen LogP contribution in [0.2, 0.25) is 10.0 Å². The van der Waals surface area contributed by atoms with Crippen LogP contribution in [-0.4, -0.2) is 78.7 Å². The van der Waals surface area contributed by atoms with Gasteiger partial charge in [0, 0.05) is 31.5 Å². The van der Waals surface area contributed by atoms with Gasteiger partial charge in [-0.1, -0.05) is 29.3 Å². The molecule has 32 heavy (non-hydrogen) atoms. The Morgan fingerprint density at radius 1 is 1.28 bits per heavy atom. The van der Waals surface area contributed by atoms with E-state index in [9.17, 15) is 14.7 Å². The lowest BCUT2D eigenvalue weighted by atomic mass is 9.88. The third-order valence-corrected chi connectivity index (χ3v) is 7.40. The van der Waals surface area contributed by atoms with Gasteiger partial charge in [-0.25, -0.2) is 9.18 Å². The van der Waals surface area contributed by atoms with Crippen molar-refractivity contribution >= 4 is 35.1 Å². The number of hydrogen-bond acceptors (Lipinski definition) is 7. The van der Waals surface area contributed by atoms with Crippen molar-refractivity contribution < 1.29 is 33.3 Å². The maximum Gasteiger partial charge on any atom is 0.344 e. The van der Waals surface area contributed by atoms with E-state index in [1.165, 1.54) is 0 Å². The number of benzene rings is 1. The molecule has 0 amide bonds. The molecular weight excluding hydrogens is 466 g/mol. The molecule has 0 radical (unpaired) electrons. The minimum Gasteiger partial charge on any atom is -0.480 e. The summed E-state index contributed by atoms with van der Waals surface area (Å²) in [5.41, 5.74) is 2.38. The highest BCUT2D eigenvalue weighted by atomic mass is 35.5. The normalized spacial score (nSPS) is 34.2. The van der Waals surface area contributed by atoms with Crippen LogP contribution < -0.4 is 5.73 Å². The van der Waals surface area contributed by atoms with Crippen molar-refractivity contribution in [1.29, 1.82) is 0 Å². The van der Waals surface area contributed by atoms with Gasteiger partial charge in [0.25, 0.3) is 0 Å². The molecule has 3 aliphatic rings. The van der Waals surface area contributed by atoms with Crippen molar-refractivity contribution in [2.75, 3.05) is 39.5 Å². The summed E-state index contributed by atoms with van der Waals surface area (Å²) >= 11 is 11.9. The molecule has 1 saturated heterocycles. The van der Waals surface area contributed by atoms with Gasteiger partial charge in [-0.05, 0) is 24.1 Å². The average Bonchev–Trinajstić information content (AvgIpc) is 3.24. The Morgan fingerprint density at radius 2 is 2.00 bits per heavy atom. The zero-order chi connectivity index (χ0) is 23.1. The number of nitrogens with two attached hydrogens (primary N) is 1. The number of morpholine rings is 1. The molecule has 3 fully saturated rings. The Bertz CT molecular complexity index is 901. The maximum atomic E-state index is 15.5. The van der Waals surface area contributed by atoms with E-state index in [0.29, 0.717) is 48.5 Å². The van der Waals surface area contributed by atoms with E-state index in [4.69, 9.17) is 43.1 Å². The molecule has 0 bridgehead atoms. The average molecular weight is 491 g/mol. The van der Waals surface area contributed by atoms with E-state index < -0.39 is 41.1 Å². The van der Waals surface area contributed by atoms with Gasteiger partial charge in [0.1, 0.15) is 12.1 Å². The van der Waals surface area contributed by atoms with Crippen molar-refractivity contribution in [3.05, 3.63) is 33.8 Å². The first-order valence-corrected chi connectivity index (χ1v) is 11.2. The summed E-state index contributed by atoms with van der Waals surface area (Å²) in [5.74, 6) is -4.54.